The molecule has 3 aromatic rings. The summed E-state index contributed by atoms with van der Waals surface area (Å²) in [6.07, 6.45) is 4.56. The fourth-order valence-corrected chi connectivity index (χ4v) is 4.34. The van der Waals surface area contributed by atoms with Crippen LogP contribution in [0.1, 0.15) is 46.2 Å². The topological polar surface area (TPSA) is 110 Å². The lowest BCUT2D eigenvalue weighted by Crippen LogP contribution is -2.44. The minimum atomic E-state index is -2.57. The van der Waals surface area contributed by atoms with Gasteiger partial charge in [-0.15, -0.1) is 0 Å². The van der Waals surface area contributed by atoms with Gasteiger partial charge in [-0.2, -0.15) is 8.42 Å². The van der Waals surface area contributed by atoms with Crippen molar-refractivity contribution in [3.63, 3.8) is 0 Å². The van der Waals surface area contributed by atoms with Gasteiger partial charge in [0.2, 0.25) is 0 Å². The van der Waals surface area contributed by atoms with Crippen LogP contribution < -0.4 is 0 Å². The van der Waals surface area contributed by atoms with Gasteiger partial charge in [-0.3, -0.25) is 4.90 Å². The summed E-state index contributed by atoms with van der Waals surface area (Å²) in [5, 5.41) is 0. The number of nitrogens with zero attached hydrogens (tertiary/aromatic N) is 4. The predicted octanol–water partition coefficient (Wildman–Crippen LogP) is 4.41. The van der Waals surface area contributed by atoms with Crippen LogP contribution in [-0.4, -0.2) is 51.1 Å². The molecule has 1 N–H and O–H groups in total. The Morgan fingerprint density at radius 1 is 1.15 bits per heavy atom. The summed E-state index contributed by atoms with van der Waals surface area (Å²) < 4.78 is 43.9. The predicted molar refractivity (Wildman–Crippen MR) is 123 cm³/mol. The molecule has 1 aromatic carbocycles. The van der Waals surface area contributed by atoms with Gasteiger partial charge >= 0.3 is 6.09 Å². The summed E-state index contributed by atoms with van der Waals surface area (Å²) in [5.41, 5.74) is 1.51. The number of hydrogen-bond acceptors (Lipinski definition) is 6. The third-order valence-electron chi connectivity index (χ3n) is 5.42. The van der Waals surface area contributed by atoms with Gasteiger partial charge < -0.3 is 14.3 Å². The molecule has 1 unspecified atom stereocenters. The summed E-state index contributed by atoms with van der Waals surface area (Å²) in [6, 6.07) is 7.51. The Labute approximate surface area is 197 Å². The van der Waals surface area contributed by atoms with Crippen molar-refractivity contribution >= 4 is 16.4 Å². The Morgan fingerprint density at radius 3 is 2.56 bits per heavy atom. The van der Waals surface area contributed by atoms with Gasteiger partial charge in [0, 0.05) is 18.3 Å². The van der Waals surface area contributed by atoms with Gasteiger partial charge in [0.25, 0.3) is 15.1 Å². The van der Waals surface area contributed by atoms with Crippen molar-refractivity contribution in [1.29, 1.82) is 0 Å². The maximum Gasteiger partial charge on any atom is 0.411 e. The number of ether oxygens (including phenoxy) is 1. The lowest BCUT2D eigenvalue weighted by atomic mass is 10.1. The maximum atomic E-state index is 13.6. The number of H-pyrrole nitrogens is 1. The van der Waals surface area contributed by atoms with Gasteiger partial charge in [-0.05, 0) is 70.4 Å². The number of piperidine rings is 1. The number of imidazole rings is 1. The van der Waals surface area contributed by atoms with E-state index in [1.54, 1.807) is 29.4 Å². The van der Waals surface area contributed by atoms with Crippen LogP contribution >= 0.6 is 0 Å². The summed E-state index contributed by atoms with van der Waals surface area (Å²) in [5.74, 6) is -0.382. The SMILES string of the molecule is CC(C)(C)OC(=O)N1CCCCC1n1cnc(-c2ccc(F)cc2)c1-c1ccnc(=S(=O)=O)[nH]1. The average molecular weight is 488 g/mol. The molecule has 9 nitrogen and oxygen atoms in total. The second kappa shape index (κ2) is 9.41. The van der Waals surface area contributed by atoms with Crippen LogP contribution in [0.5, 0.6) is 0 Å². The number of likely N-dealkylation sites (tertiary alicyclic amines) is 1. The van der Waals surface area contributed by atoms with Crippen LogP contribution in [0.2, 0.25) is 0 Å². The van der Waals surface area contributed by atoms with E-state index < -0.39 is 28.2 Å². The van der Waals surface area contributed by atoms with Crippen LogP contribution in [0, 0.1) is 10.6 Å². The van der Waals surface area contributed by atoms with Crippen molar-refractivity contribution < 1.29 is 22.3 Å². The molecule has 4 rings (SSSR count). The summed E-state index contributed by atoms with van der Waals surface area (Å²) in [7, 11) is -2.57. The van der Waals surface area contributed by atoms with Crippen LogP contribution in [0.3, 0.4) is 0 Å². The highest BCUT2D eigenvalue weighted by atomic mass is 32.2. The highest BCUT2D eigenvalue weighted by Gasteiger charge is 2.33. The molecule has 0 saturated carbocycles. The quantitative estimate of drug-likeness (QED) is 0.548. The molecule has 0 spiro atoms. The summed E-state index contributed by atoms with van der Waals surface area (Å²) >= 11 is 0. The van der Waals surface area contributed by atoms with E-state index in [1.165, 1.54) is 18.3 Å². The van der Waals surface area contributed by atoms with Crippen molar-refractivity contribution in [3.8, 4) is 22.6 Å². The number of amides is 1. The van der Waals surface area contributed by atoms with E-state index in [0.717, 1.165) is 12.8 Å². The zero-order valence-corrected chi connectivity index (χ0v) is 20.0. The van der Waals surface area contributed by atoms with Crippen molar-refractivity contribution in [1.82, 2.24) is 24.4 Å². The standard InChI is InChI=1S/C23H26FN5O4S/c1-23(2,3)33-22(30)28-13-5-4-6-18(28)29-14-26-19(15-7-9-16(24)10-8-15)20(29)17-11-12-25-21(27-17)34(31)32/h7-12,14,18,27H,4-6,13H2,1-3H3. The Morgan fingerprint density at radius 2 is 1.88 bits per heavy atom. The summed E-state index contributed by atoms with van der Waals surface area (Å²) in [4.78, 5) is 26.0. The van der Waals surface area contributed by atoms with Gasteiger partial charge in [-0.1, -0.05) is 0 Å². The number of carbonyl (C=O) groups excluding carboxylic acids is 1. The van der Waals surface area contributed by atoms with Gasteiger partial charge in [0.1, 0.15) is 17.6 Å². The van der Waals surface area contributed by atoms with E-state index in [9.17, 15) is 17.6 Å². The van der Waals surface area contributed by atoms with Crippen LogP contribution in [0.15, 0.2) is 42.9 Å². The first-order valence-corrected chi connectivity index (χ1v) is 12.0. The maximum absolute atomic E-state index is 13.6. The molecule has 3 heterocycles. The van der Waals surface area contributed by atoms with Crippen LogP contribution in [0.4, 0.5) is 9.18 Å². The fraction of sp³-hybridized carbons (Fsp3) is 0.391. The van der Waals surface area contributed by atoms with Crippen molar-refractivity contribution in [2.75, 3.05) is 6.54 Å². The normalized spacial score (nSPS) is 16.4. The lowest BCUT2D eigenvalue weighted by molar-refractivity contribution is -0.000905. The molecule has 11 heteroatoms. The largest absolute Gasteiger partial charge is 0.444 e. The molecule has 0 aliphatic carbocycles. The molecule has 0 bridgehead atoms. The van der Waals surface area contributed by atoms with Crippen LogP contribution in [0.25, 0.3) is 22.6 Å². The van der Waals surface area contributed by atoms with Gasteiger partial charge in [0.05, 0.1) is 23.4 Å². The van der Waals surface area contributed by atoms with Crippen molar-refractivity contribution in [3.05, 3.63) is 53.4 Å². The second-order valence-electron chi connectivity index (χ2n) is 9.03. The minimum absolute atomic E-state index is 0.233. The third kappa shape index (κ3) is 5.04. The first-order chi connectivity index (χ1) is 16.1. The molecule has 1 amide bonds. The minimum Gasteiger partial charge on any atom is -0.444 e. The van der Waals surface area contributed by atoms with Gasteiger partial charge in [-0.25, -0.2) is 19.2 Å². The number of nitrogens with one attached hydrogen (secondary N) is 1. The fourth-order valence-electron chi connectivity index (χ4n) is 4.00. The molecule has 2 aromatic heterocycles. The Balaban J connectivity index is 1.89. The number of benzene rings is 1. The molecule has 34 heavy (non-hydrogen) atoms. The number of aromatic nitrogens is 4. The van der Waals surface area contributed by atoms with Crippen molar-refractivity contribution in [2.24, 2.45) is 0 Å². The van der Waals surface area contributed by atoms with E-state index >= 15 is 0 Å². The average Bonchev–Trinajstić information content (AvgIpc) is 3.23. The summed E-state index contributed by atoms with van der Waals surface area (Å²) in [6.45, 7) is 5.96. The van der Waals surface area contributed by atoms with Gasteiger partial charge in [0.15, 0.2) is 0 Å². The molecular weight excluding hydrogens is 461 g/mol. The van der Waals surface area contributed by atoms with E-state index in [4.69, 9.17) is 4.74 Å². The highest BCUT2D eigenvalue weighted by molar-refractivity contribution is 7.63. The van der Waals surface area contributed by atoms with E-state index in [-0.39, 0.29) is 10.6 Å². The number of rotatable bonds is 3. The van der Waals surface area contributed by atoms with E-state index in [2.05, 4.69) is 15.0 Å². The first kappa shape index (κ1) is 23.7. The molecule has 180 valence electrons. The van der Waals surface area contributed by atoms with Crippen molar-refractivity contribution in [2.45, 2.75) is 51.8 Å². The highest BCUT2D eigenvalue weighted by Crippen LogP contribution is 2.36. The molecule has 1 aliphatic heterocycles. The molecular formula is C23H26FN5O4S. The molecule has 1 saturated heterocycles. The molecule has 1 aliphatic rings. The first-order valence-electron chi connectivity index (χ1n) is 10.9. The Kier molecular flexibility index (Phi) is 6.56. The number of hydrogen-bond donors (Lipinski definition) is 1. The zero-order chi connectivity index (χ0) is 24.5. The van der Waals surface area contributed by atoms with E-state index in [0.29, 0.717) is 35.6 Å². The monoisotopic (exact) mass is 487 g/mol. The Bertz CT molecular complexity index is 1370. The van der Waals surface area contributed by atoms with E-state index in [1.807, 2.05) is 25.3 Å². The number of halogens is 1. The zero-order valence-electron chi connectivity index (χ0n) is 19.2. The number of aromatic amines is 1. The van der Waals surface area contributed by atoms with Crippen LogP contribution in [-0.2, 0) is 15.0 Å². The lowest BCUT2D eigenvalue weighted by Gasteiger charge is -2.38. The smallest absolute Gasteiger partial charge is 0.411 e. The number of carbonyl (C=O) groups is 1. The molecule has 1 fully saturated rings. The molecule has 1 atom stereocenters. The Hall–Kier alpha value is -3.47. The third-order valence-corrected chi connectivity index (χ3v) is 5.94. The second-order valence-corrected chi connectivity index (χ2v) is 9.89. The molecule has 0 radical (unpaired) electrons.